The van der Waals surface area contributed by atoms with Crippen LogP contribution in [0.4, 0.5) is 0 Å². The number of hydrogen-bond acceptors (Lipinski definition) is 4. The highest BCUT2D eigenvalue weighted by atomic mass is 16.5. The number of benzene rings is 3. The Hall–Kier alpha value is -4.38. The number of nitrogens with zero attached hydrogens (tertiary/aromatic N) is 2. The van der Waals surface area contributed by atoms with Crippen LogP contribution >= 0.6 is 0 Å². The summed E-state index contributed by atoms with van der Waals surface area (Å²) >= 11 is 0. The van der Waals surface area contributed by atoms with Gasteiger partial charge in [0.25, 0.3) is 0 Å². The number of ether oxygens (including phenoxy) is 1. The fourth-order valence-electron chi connectivity index (χ4n) is 4.03. The molecule has 5 nitrogen and oxygen atoms in total. The van der Waals surface area contributed by atoms with E-state index in [1.165, 1.54) is 6.07 Å². The van der Waals surface area contributed by atoms with E-state index in [4.69, 9.17) is 14.1 Å². The van der Waals surface area contributed by atoms with Crippen LogP contribution in [-0.4, -0.2) is 16.7 Å². The van der Waals surface area contributed by atoms with Gasteiger partial charge in [0, 0.05) is 23.1 Å². The van der Waals surface area contributed by atoms with E-state index in [9.17, 15) is 4.79 Å². The van der Waals surface area contributed by atoms with E-state index < -0.39 is 0 Å². The molecule has 33 heavy (non-hydrogen) atoms. The molecule has 0 unspecified atom stereocenters. The fourth-order valence-corrected chi connectivity index (χ4v) is 4.03. The normalized spacial score (nSPS) is 11.8. The molecule has 0 radical (unpaired) electrons. The summed E-state index contributed by atoms with van der Waals surface area (Å²) in [6.07, 6.45) is 2.06. The number of aryl methyl sites for hydroxylation is 1. The van der Waals surface area contributed by atoms with Crippen molar-refractivity contribution in [2.75, 3.05) is 7.11 Å². The quantitative estimate of drug-likeness (QED) is 0.398. The van der Waals surface area contributed by atoms with Gasteiger partial charge in [0.2, 0.25) is 0 Å². The van der Waals surface area contributed by atoms with Crippen molar-refractivity contribution in [3.8, 4) is 22.8 Å². The first kappa shape index (κ1) is 20.5. The maximum Gasteiger partial charge on any atom is 0.336 e. The molecule has 0 fully saturated rings. The van der Waals surface area contributed by atoms with Gasteiger partial charge < -0.3 is 9.15 Å². The van der Waals surface area contributed by atoms with E-state index in [0.29, 0.717) is 16.7 Å². The number of rotatable bonds is 4. The smallest absolute Gasteiger partial charge is 0.336 e. The molecular weight excluding hydrogens is 412 g/mol. The Morgan fingerprint density at radius 3 is 2.39 bits per heavy atom. The first-order valence-corrected chi connectivity index (χ1v) is 10.6. The monoisotopic (exact) mass is 434 g/mol. The van der Waals surface area contributed by atoms with E-state index in [2.05, 4.69) is 12.7 Å². The van der Waals surface area contributed by atoms with Crippen molar-refractivity contribution in [1.29, 1.82) is 0 Å². The predicted octanol–water partition coefficient (Wildman–Crippen LogP) is 4.20. The van der Waals surface area contributed by atoms with Crippen molar-refractivity contribution in [3.63, 3.8) is 0 Å². The predicted molar refractivity (Wildman–Crippen MR) is 131 cm³/mol. The third-order valence-electron chi connectivity index (χ3n) is 5.62. The van der Waals surface area contributed by atoms with Crippen LogP contribution < -0.4 is 21.1 Å². The van der Waals surface area contributed by atoms with Crippen LogP contribution in [-0.2, 0) is 0 Å². The molecule has 5 rings (SSSR count). The lowest BCUT2D eigenvalue weighted by molar-refractivity contribution is 0.412. The van der Waals surface area contributed by atoms with Crippen molar-refractivity contribution in [1.82, 2.24) is 9.55 Å². The number of hydrogen-bond donors (Lipinski definition) is 0. The van der Waals surface area contributed by atoms with E-state index in [1.54, 1.807) is 13.2 Å². The molecule has 0 amide bonds. The summed E-state index contributed by atoms with van der Waals surface area (Å²) in [6.45, 7) is 6.13. The van der Waals surface area contributed by atoms with E-state index in [0.717, 1.165) is 38.9 Å². The van der Waals surface area contributed by atoms with Crippen molar-refractivity contribution in [3.05, 3.63) is 111 Å². The largest absolute Gasteiger partial charge is 0.494 e. The maximum atomic E-state index is 11.9. The summed E-state index contributed by atoms with van der Waals surface area (Å²) in [5.74, 6) is 1.31. The highest BCUT2D eigenvalue weighted by molar-refractivity contribution is 5.85. The van der Waals surface area contributed by atoms with Gasteiger partial charge in [0.1, 0.15) is 17.2 Å². The molecule has 3 aromatic carbocycles. The van der Waals surface area contributed by atoms with Gasteiger partial charge in [-0.15, -0.1) is 0 Å². The lowest BCUT2D eigenvalue weighted by Crippen LogP contribution is -2.28. The molecule has 0 aliphatic heterocycles. The van der Waals surface area contributed by atoms with E-state index >= 15 is 0 Å². The molecule has 0 saturated carbocycles. The van der Waals surface area contributed by atoms with Gasteiger partial charge in [-0.3, -0.25) is 4.57 Å². The Morgan fingerprint density at radius 1 is 1.00 bits per heavy atom. The molecule has 2 aromatic heterocycles. The average molecular weight is 434 g/mol. The second kappa shape index (κ2) is 8.28. The number of imidazole rings is 1. The molecule has 0 saturated heterocycles. The van der Waals surface area contributed by atoms with Crippen LogP contribution in [0.3, 0.4) is 0 Å². The van der Waals surface area contributed by atoms with Crippen LogP contribution in [0.1, 0.15) is 11.1 Å². The first-order valence-electron chi connectivity index (χ1n) is 10.6. The van der Waals surface area contributed by atoms with Crippen molar-refractivity contribution < 1.29 is 9.15 Å². The fraction of sp³-hybridized carbons (Fsp3) is 0.0714. The van der Waals surface area contributed by atoms with Gasteiger partial charge in [0.15, 0.2) is 0 Å². The molecule has 5 aromatic rings. The van der Waals surface area contributed by atoms with Crippen LogP contribution in [0.2, 0.25) is 0 Å². The van der Waals surface area contributed by atoms with E-state index in [-0.39, 0.29) is 5.63 Å². The number of fused-ring (bicyclic) bond motifs is 1. The maximum absolute atomic E-state index is 11.9. The lowest BCUT2D eigenvalue weighted by atomic mass is 10.1. The van der Waals surface area contributed by atoms with Crippen molar-refractivity contribution in [2.45, 2.75) is 6.92 Å². The van der Waals surface area contributed by atoms with Crippen LogP contribution in [0.25, 0.3) is 40.7 Å². The molecule has 0 spiro atoms. The summed E-state index contributed by atoms with van der Waals surface area (Å²) in [5, 5.41) is 2.32. The molecule has 0 aliphatic rings. The molecule has 0 aliphatic carbocycles. The Bertz CT molecular complexity index is 1630. The van der Waals surface area contributed by atoms with Crippen LogP contribution in [0.5, 0.6) is 5.75 Å². The molecule has 0 atom stereocenters. The van der Waals surface area contributed by atoms with Gasteiger partial charge in [-0.2, -0.15) is 0 Å². The van der Waals surface area contributed by atoms with Gasteiger partial charge in [-0.1, -0.05) is 67.2 Å². The Balaban J connectivity index is 1.91. The van der Waals surface area contributed by atoms with Gasteiger partial charge in [-0.25, -0.2) is 9.78 Å². The highest BCUT2D eigenvalue weighted by Crippen LogP contribution is 2.31. The average Bonchev–Trinajstić information content (AvgIpc) is 3.15. The van der Waals surface area contributed by atoms with Gasteiger partial charge in [0.05, 0.1) is 23.5 Å². The number of methoxy groups -OCH3 is 1. The Kier molecular flexibility index (Phi) is 5.15. The zero-order valence-electron chi connectivity index (χ0n) is 18.4. The topological polar surface area (TPSA) is 57.3 Å². The zero-order valence-corrected chi connectivity index (χ0v) is 18.4. The van der Waals surface area contributed by atoms with Gasteiger partial charge in [-0.05, 0) is 30.2 Å². The second-order valence-corrected chi connectivity index (χ2v) is 7.79. The Morgan fingerprint density at radius 2 is 1.70 bits per heavy atom. The van der Waals surface area contributed by atoms with Crippen molar-refractivity contribution in [2.24, 2.45) is 0 Å². The standard InChI is InChI=1S/C28H22N2O3/c1-18-14-27(31)33-25-17-26(32-3)24(16-22(18)25)30-23(15-20-10-6-4-7-11-20)19(2)29-28(30)21-12-8-5-9-13-21/h4-17H,2H2,1,3H3/b23-15+. The lowest BCUT2D eigenvalue weighted by Gasteiger charge is -2.15. The van der Waals surface area contributed by atoms with Crippen LogP contribution in [0, 0.1) is 6.92 Å². The van der Waals surface area contributed by atoms with E-state index in [1.807, 2.05) is 78.2 Å². The molecule has 5 heteroatoms. The summed E-state index contributed by atoms with van der Waals surface area (Å²) in [6, 6.07) is 25.2. The van der Waals surface area contributed by atoms with Crippen LogP contribution in [0.15, 0.2) is 88.1 Å². The summed E-state index contributed by atoms with van der Waals surface area (Å²) in [4.78, 5) is 16.8. The third-order valence-corrected chi connectivity index (χ3v) is 5.62. The third kappa shape index (κ3) is 3.74. The van der Waals surface area contributed by atoms with Gasteiger partial charge >= 0.3 is 5.63 Å². The minimum atomic E-state index is -0.388. The van der Waals surface area contributed by atoms with Crippen molar-refractivity contribution >= 4 is 23.6 Å². The Labute approximate surface area is 190 Å². The minimum Gasteiger partial charge on any atom is -0.494 e. The second-order valence-electron chi connectivity index (χ2n) is 7.79. The first-order chi connectivity index (χ1) is 16.0. The minimum absolute atomic E-state index is 0.388. The molecule has 0 N–H and O–H groups in total. The molecule has 0 bridgehead atoms. The molecular formula is C28H22N2O3. The summed E-state index contributed by atoms with van der Waals surface area (Å²) in [7, 11) is 1.60. The molecule has 162 valence electrons. The summed E-state index contributed by atoms with van der Waals surface area (Å²) < 4.78 is 13.2. The zero-order chi connectivity index (χ0) is 22.9. The summed E-state index contributed by atoms with van der Waals surface area (Å²) in [5.41, 5.74) is 3.69. The SMILES string of the molecule is C=c1nc(-c2ccccc2)n(-c2cc3c(C)cc(=O)oc3cc2OC)/c1=C/c1ccccc1. The number of aromatic nitrogens is 2. The highest BCUT2D eigenvalue weighted by Gasteiger charge is 2.18. The molecule has 2 heterocycles.